The number of nitrogens with two attached hydrogens (primary N) is 1. The lowest BCUT2D eigenvalue weighted by Gasteiger charge is -2.24. The summed E-state index contributed by atoms with van der Waals surface area (Å²) in [5.74, 6) is -7.18. The summed E-state index contributed by atoms with van der Waals surface area (Å²) in [5, 5.41) is 42.9. The Morgan fingerprint density at radius 1 is 0.794 bits per heavy atom. The van der Waals surface area contributed by atoms with Crippen molar-refractivity contribution in [3.8, 4) is 5.75 Å². The number of aromatic hydroxyl groups is 1. The van der Waals surface area contributed by atoms with Crippen molar-refractivity contribution >= 4 is 35.6 Å². The van der Waals surface area contributed by atoms with Gasteiger partial charge in [-0.25, -0.2) is 4.79 Å². The Balaban J connectivity index is 3.07. The second-order valence-electron chi connectivity index (χ2n) is 7.19. The van der Waals surface area contributed by atoms with Crippen LogP contribution >= 0.6 is 0 Å². The van der Waals surface area contributed by atoms with Crippen LogP contribution in [0.15, 0.2) is 24.3 Å². The van der Waals surface area contributed by atoms with Gasteiger partial charge in [-0.3, -0.25) is 24.0 Å². The minimum atomic E-state index is -1.82. The van der Waals surface area contributed by atoms with E-state index in [9.17, 15) is 33.9 Å². The normalized spacial score (nSPS) is 13.1. The van der Waals surface area contributed by atoms with E-state index >= 15 is 0 Å². The molecule has 0 aliphatic carbocycles. The summed E-state index contributed by atoms with van der Waals surface area (Å²) >= 11 is 0. The summed E-state index contributed by atoms with van der Waals surface area (Å²) < 4.78 is 0. The largest absolute Gasteiger partial charge is 0.508 e. The van der Waals surface area contributed by atoms with Crippen LogP contribution in [0.25, 0.3) is 0 Å². The third kappa shape index (κ3) is 9.95. The predicted molar refractivity (Wildman–Crippen MR) is 113 cm³/mol. The fourth-order valence-corrected chi connectivity index (χ4v) is 2.79. The minimum Gasteiger partial charge on any atom is -0.508 e. The summed E-state index contributed by atoms with van der Waals surface area (Å²) in [6, 6.07) is 1.06. The standard InChI is InChI=1S/C20H26N4O10/c21-9-15(26)22-13(7-10-1-3-11(25)4-2-10)19(32)23-12(5-6-16(27)28)18(31)24-14(20(33)34)8-17(29)30/h1-4,12-14,25H,5-9,21H2,(H,22,26)(H,23,32)(H,24,31)(H,27,28)(H,29,30)(H,33,34). The minimum absolute atomic E-state index is 0.0319. The van der Waals surface area contributed by atoms with Crippen molar-refractivity contribution in [2.75, 3.05) is 6.54 Å². The Morgan fingerprint density at radius 3 is 1.85 bits per heavy atom. The van der Waals surface area contributed by atoms with E-state index in [2.05, 4.69) is 10.6 Å². The summed E-state index contributed by atoms with van der Waals surface area (Å²) in [4.78, 5) is 70.3. The third-order valence-corrected chi connectivity index (χ3v) is 4.49. The smallest absolute Gasteiger partial charge is 0.326 e. The molecule has 0 heterocycles. The van der Waals surface area contributed by atoms with E-state index in [0.717, 1.165) is 0 Å². The van der Waals surface area contributed by atoms with Crippen molar-refractivity contribution in [1.29, 1.82) is 0 Å². The highest BCUT2D eigenvalue weighted by Crippen LogP contribution is 2.12. The van der Waals surface area contributed by atoms with E-state index in [1.165, 1.54) is 24.3 Å². The first-order valence-electron chi connectivity index (χ1n) is 9.97. The van der Waals surface area contributed by atoms with Crippen LogP contribution in [0, 0.1) is 0 Å². The Morgan fingerprint density at radius 2 is 1.35 bits per heavy atom. The zero-order chi connectivity index (χ0) is 25.8. The zero-order valence-corrected chi connectivity index (χ0v) is 17.9. The van der Waals surface area contributed by atoms with E-state index in [-0.39, 0.29) is 12.2 Å². The fourth-order valence-electron chi connectivity index (χ4n) is 2.79. The van der Waals surface area contributed by atoms with Crippen LogP contribution in [0.4, 0.5) is 0 Å². The molecule has 0 spiro atoms. The molecule has 9 N–H and O–H groups in total. The van der Waals surface area contributed by atoms with Crippen LogP contribution in [-0.4, -0.2) is 80.7 Å². The quantitative estimate of drug-likeness (QED) is 0.141. The molecule has 3 atom stereocenters. The molecule has 0 radical (unpaired) electrons. The molecule has 0 aliphatic heterocycles. The maximum absolute atomic E-state index is 12.9. The molecule has 0 bridgehead atoms. The molecule has 0 saturated carbocycles. The van der Waals surface area contributed by atoms with Gasteiger partial charge in [0, 0.05) is 12.8 Å². The number of hydrogen-bond acceptors (Lipinski definition) is 8. The van der Waals surface area contributed by atoms with E-state index < -0.39 is 79.6 Å². The van der Waals surface area contributed by atoms with Crippen molar-refractivity contribution in [1.82, 2.24) is 16.0 Å². The maximum Gasteiger partial charge on any atom is 0.326 e. The molecule has 1 rings (SSSR count). The van der Waals surface area contributed by atoms with Gasteiger partial charge in [0.05, 0.1) is 13.0 Å². The van der Waals surface area contributed by atoms with Gasteiger partial charge >= 0.3 is 17.9 Å². The molecular formula is C20H26N4O10. The average Bonchev–Trinajstić information content (AvgIpc) is 2.76. The van der Waals surface area contributed by atoms with Crippen molar-refractivity contribution in [3.05, 3.63) is 29.8 Å². The van der Waals surface area contributed by atoms with Crippen LogP contribution in [-0.2, 0) is 35.2 Å². The highest BCUT2D eigenvalue weighted by atomic mass is 16.4. The van der Waals surface area contributed by atoms with E-state index in [0.29, 0.717) is 5.56 Å². The van der Waals surface area contributed by atoms with Gasteiger partial charge in [-0.1, -0.05) is 12.1 Å². The van der Waals surface area contributed by atoms with Crippen molar-refractivity contribution in [3.63, 3.8) is 0 Å². The first-order valence-corrected chi connectivity index (χ1v) is 9.97. The van der Waals surface area contributed by atoms with E-state index in [1.807, 2.05) is 5.32 Å². The van der Waals surface area contributed by atoms with Crippen molar-refractivity contribution < 1.29 is 49.2 Å². The van der Waals surface area contributed by atoms with Gasteiger partial charge in [0.25, 0.3) is 0 Å². The molecule has 14 heteroatoms. The molecule has 3 amide bonds. The van der Waals surface area contributed by atoms with Gasteiger partial charge in [-0.05, 0) is 24.1 Å². The number of carboxylic acid groups (broad SMARTS) is 3. The number of rotatable bonds is 14. The van der Waals surface area contributed by atoms with Gasteiger partial charge in [0.2, 0.25) is 17.7 Å². The lowest BCUT2D eigenvalue weighted by Crippen LogP contribution is -2.57. The predicted octanol–water partition coefficient (Wildman–Crippen LogP) is -2.23. The fraction of sp³-hybridized carbons (Fsp3) is 0.400. The van der Waals surface area contributed by atoms with Gasteiger partial charge in [0.1, 0.15) is 23.9 Å². The first-order chi connectivity index (χ1) is 15.9. The summed E-state index contributed by atoms with van der Waals surface area (Å²) in [7, 11) is 0. The molecule has 0 fully saturated rings. The zero-order valence-electron chi connectivity index (χ0n) is 17.9. The number of aliphatic carboxylic acids is 3. The molecule has 0 saturated heterocycles. The van der Waals surface area contributed by atoms with Crippen LogP contribution in [0.2, 0.25) is 0 Å². The average molecular weight is 482 g/mol. The van der Waals surface area contributed by atoms with Gasteiger partial charge in [-0.2, -0.15) is 0 Å². The monoisotopic (exact) mass is 482 g/mol. The number of carbonyl (C=O) groups is 6. The van der Waals surface area contributed by atoms with E-state index in [1.54, 1.807) is 0 Å². The van der Waals surface area contributed by atoms with Crippen LogP contribution in [0.5, 0.6) is 5.75 Å². The molecule has 0 aliphatic rings. The molecule has 186 valence electrons. The van der Waals surface area contributed by atoms with Gasteiger partial charge in [0.15, 0.2) is 0 Å². The van der Waals surface area contributed by atoms with Crippen LogP contribution in [0.3, 0.4) is 0 Å². The molecule has 34 heavy (non-hydrogen) atoms. The number of carboxylic acids is 3. The molecule has 14 nitrogen and oxygen atoms in total. The number of amides is 3. The Kier molecular flexibility index (Phi) is 10.9. The number of hydrogen-bond donors (Lipinski definition) is 8. The van der Waals surface area contributed by atoms with Crippen LogP contribution < -0.4 is 21.7 Å². The number of phenolic OH excluding ortho intramolecular Hbond substituents is 1. The second-order valence-corrected chi connectivity index (χ2v) is 7.19. The first kappa shape index (κ1) is 27.8. The summed E-state index contributed by atoms with van der Waals surface area (Å²) in [5.41, 5.74) is 5.80. The number of phenols is 1. The summed E-state index contributed by atoms with van der Waals surface area (Å²) in [6.07, 6.45) is -2.05. The SMILES string of the molecule is NCC(=O)NC(Cc1ccc(O)cc1)C(=O)NC(CCC(=O)O)C(=O)NC(CC(=O)O)C(=O)O. The lowest BCUT2D eigenvalue weighted by molar-refractivity contribution is -0.147. The Labute approximate surface area is 193 Å². The molecule has 3 unspecified atom stereocenters. The maximum atomic E-state index is 12.9. The molecular weight excluding hydrogens is 456 g/mol. The number of carbonyl (C=O) groups excluding carboxylic acids is 3. The van der Waals surface area contributed by atoms with Gasteiger partial charge in [-0.15, -0.1) is 0 Å². The van der Waals surface area contributed by atoms with Crippen molar-refractivity contribution in [2.24, 2.45) is 5.73 Å². The highest BCUT2D eigenvalue weighted by Gasteiger charge is 2.30. The van der Waals surface area contributed by atoms with Crippen molar-refractivity contribution in [2.45, 2.75) is 43.8 Å². The molecule has 1 aromatic carbocycles. The van der Waals surface area contributed by atoms with E-state index in [4.69, 9.17) is 21.1 Å². The van der Waals surface area contributed by atoms with Crippen LogP contribution in [0.1, 0.15) is 24.8 Å². The summed E-state index contributed by atoms with van der Waals surface area (Å²) in [6.45, 7) is -0.447. The molecule has 1 aromatic rings. The number of nitrogens with one attached hydrogen (secondary N) is 3. The molecule has 0 aromatic heterocycles. The lowest BCUT2D eigenvalue weighted by atomic mass is 10.0. The topological polar surface area (TPSA) is 245 Å². The Bertz CT molecular complexity index is 918. The highest BCUT2D eigenvalue weighted by molar-refractivity contribution is 5.94. The second kappa shape index (κ2) is 13.4. The Hall–Kier alpha value is -4.20. The van der Waals surface area contributed by atoms with Gasteiger partial charge < -0.3 is 42.1 Å². The number of benzene rings is 1. The third-order valence-electron chi connectivity index (χ3n) is 4.49.